The third kappa shape index (κ3) is 6.34. The summed E-state index contributed by atoms with van der Waals surface area (Å²) in [5.41, 5.74) is 0. The SMILES string of the molecule is CC(CNC(=O)N(C)CC(C)C(=O)O)Oc1ccc(Br)cc1. The molecule has 1 aromatic carbocycles. The average Bonchev–Trinajstić information content (AvgIpc) is 2.46. The van der Waals surface area contributed by atoms with Gasteiger partial charge in [-0.1, -0.05) is 22.9 Å². The molecular weight excluding hydrogens is 352 g/mol. The maximum atomic E-state index is 11.9. The van der Waals surface area contributed by atoms with Crippen LogP contribution in [0.4, 0.5) is 4.79 Å². The highest BCUT2D eigenvalue weighted by Gasteiger charge is 2.17. The van der Waals surface area contributed by atoms with Crippen LogP contribution in [0.25, 0.3) is 0 Å². The quantitative estimate of drug-likeness (QED) is 0.770. The van der Waals surface area contributed by atoms with Crippen molar-refractivity contribution in [3.8, 4) is 5.75 Å². The summed E-state index contributed by atoms with van der Waals surface area (Å²) in [6.45, 7) is 3.90. The summed E-state index contributed by atoms with van der Waals surface area (Å²) < 4.78 is 6.64. The number of nitrogens with zero attached hydrogens (tertiary/aromatic N) is 1. The van der Waals surface area contributed by atoms with E-state index in [4.69, 9.17) is 9.84 Å². The number of benzene rings is 1. The van der Waals surface area contributed by atoms with Gasteiger partial charge in [0.05, 0.1) is 12.5 Å². The molecular formula is C15H21BrN2O4. The molecule has 2 unspecified atom stereocenters. The molecule has 22 heavy (non-hydrogen) atoms. The number of carbonyl (C=O) groups excluding carboxylic acids is 1. The van der Waals surface area contributed by atoms with E-state index in [0.29, 0.717) is 6.54 Å². The van der Waals surface area contributed by atoms with E-state index in [1.54, 1.807) is 14.0 Å². The van der Waals surface area contributed by atoms with Crippen LogP contribution < -0.4 is 10.1 Å². The van der Waals surface area contributed by atoms with Gasteiger partial charge in [-0.3, -0.25) is 4.79 Å². The number of halogens is 1. The first-order valence-corrected chi connectivity index (χ1v) is 7.73. The molecule has 1 aromatic rings. The van der Waals surface area contributed by atoms with Crippen molar-refractivity contribution in [2.75, 3.05) is 20.1 Å². The van der Waals surface area contributed by atoms with E-state index in [9.17, 15) is 9.59 Å². The lowest BCUT2D eigenvalue weighted by atomic mass is 10.2. The number of carboxylic acids is 1. The van der Waals surface area contributed by atoms with E-state index in [1.165, 1.54) is 4.90 Å². The smallest absolute Gasteiger partial charge is 0.317 e. The van der Waals surface area contributed by atoms with Crippen molar-refractivity contribution >= 4 is 27.9 Å². The molecule has 0 spiro atoms. The van der Waals surface area contributed by atoms with Crippen LogP contribution in [-0.2, 0) is 4.79 Å². The summed E-state index contributed by atoms with van der Waals surface area (Å²) in [5.74, 6) is -0.809. The second-order valence-corrected chi connectivity index (χ2v) is 6.10. The van der Waals surface area contributed by atoms with Crippen LogP contribution in [0.5, 0.6) is 5.75 Å². The Morgan fingerprint density at radius 1 is 1.32 bits per heavy atom. The van der Waals surface area contributed by atoms with Crippen LogP contribution in [0.15, 0.2) is 28.7 Å². The van der Waals surface area contributed by atoms with Crippen LogP contribution in [-0.4, -0.2) is 48.2 Å². The molecule has 2 atom stereocenters. The minimum absolute atomic E-state index is 0.156. The Kier molecular flexibility index (Phi) is 7.17. The number of carboxylic acid groups (broad SMARTS) is 1. The largest absolute Gasteiger partial charge is 0.489 e. The number of rotatable bonds is 7. The fourth-order valence-electron chi connectivity index (χ4n) is 1.72. The lowest BCUT2D eigenvalue weighted by Gasteiger charge is -2.22. The van der Waals surface area contributed by atoms with Gasteiger partial charge in [0.2, 0.25) is 0 Å². The molecule has 6 nitrogen and oxygen atoms in total. The van der Waals surface area contributed by atoms with Gasteiger partial charge in [0.1, 0.15) is 11.9 Å². The molecule has 0 saturated heterocycles. The molecule has 0 fully saturated rings. The van der Waals surface area contributed by atoms with E-state index in [2.05, 4.69) is 21.2 Å². The lowest BCUT2D eigenvalue weighted by Crippen LogP contribution is -2.43. The maximum Gasteiger partial charge on any atom is 0.317 e. The number of nitrogens with one attached hydrogen (secondary N) is 1. The minimum Gasteiger partial charge on any atom is -0.489 e. The normalized spacial score (nSPS) is 13.1. The zero-order valence-electron chi connectivity index (χ0n) is 12.9. The molecule has 0 aliphatic carbocycles. The van der Waals surface area contributed by atoms with Gasteiger partial charge in [-0.2, -0.15) is 0 Å². The van der Waals surface area contributed by atoms with Crippen molar-refractivity contribution in [2.45, 2.75) is 20.0 Å². The molecule has 0 saturated carbocycles. The fraction of sp³-hybridized carbons (Fsp3) is 0.467. The highest BCUT2D eigenvalue weighted by atomic mass is 79.9. The predicted molar refractivity (Wildman–Crippen MR) is 87.1 cm³/mol. The molecule has 122 valence electrons. The van der Waals surface area contributed by atoms with Crippen molar-refractivity contribution in [1.82, 2.24) is 10.2 Å². The summed E-state index contributed by atoms with van der Waals surface area (Å²) in [6, 6.07) is 7.11. The summed E-state index contributed by atoms with van der Waals surface area (Å²) in [6.07, 6.45) is -0.199. The molecule has 0 radical (unpaired) electrons. The van der Waals surface area contributed by atoms with Crippen LogP contribution in [0, 0.1) is 5.92 Å². The summed E-state index contributed by atoms with van der Waals surface area (Å²) >= 11 is 3.35. The number of amides is 2. The van der Waals surface area contributed by atoms with E-state index < -0.39 is 11.9 Å². The van der Waals surface area contributed by atoms with Gasteiger partial charge in [-0.25, -0.2) is 4.79 Å². The van der Waals surface area contributed by atoms with Crippen molar-refractivity contribution in [3.05, 3.63) is 28.7 Å². The number of aliphatic carboxylic acids is 1. The molecule has 0 bridgehead atoms. The van der Waals surface area contributed by atoms with Crippen molar-refractivity contribution in [3.63, 3.8) is 0 Å². The third-order valence-corrected chi connectivity index (χ3v) is 3.54. The van der Waals surface area contributed by atoms with Crippen LogP contribution in [0.1, 0.15) is 13.8 Å². The number of urea groups is 1. The molecule has 0 aliphatic heterocycles. The zero-order chi connectivity index (χ0) is 16.7. The van der Waals surface area contributed by atoms with Gasteiger partial charge >= 0.3 is 12.0 Å². The van der Waals surface area contributed by atoms with Gasteiger partial charge < -0.3 is 20.1 Å². The molecule has 2 N–H and O–H groups in total. The minimum atomic E-state index is -0.924. The zero-order valence-corrected chi connectivity index (χ0v) is 14.5. The molecule has 2 amide bonds. The first kappa shape index (κ1) is 18.3. The second kappa shape index (κ2) is 8.63. The number of hydrogen-bond donors (Lipinski definition) is 2. The topological polar surface area (TPSA) is 78.9 Å². The summed E-state index contributed by atoms with van der Waals surface area (Å²) in [5, 5.41) is 11.6. The number of ether oxygens (including phenoxy) is 1. The third-order valence-electron chi connectivity index (χ3n) is 3.01. The lowest BCUT2D eigenvalue weighted by molar-refractivity contribution is -0.141. The number of hydrogen-bond acceptors (Lipinski definition) is 3. The van der Waals surface area contributed by atoms with E-state index in [1.807, 2.05) is 31.2 Å². The average molecular weight is 373 g/mol. The Hall–Kier alpha value is -1.76. The number of carbonyl (C=O) groups is 2. The summed E-state index contributed by atoms with van der Waals surface area (Å²) in [7, 11) is 1.56. The van der Waals surface area contributed by atoms with E-state index in [0.717, 1.165) is 10.2 Å². The van der Waals surface area contributed by atoms with E-state index in [-0.39, 0.29) is 18.7 Å². The van der Waals surface area contributed by atoms with Gasteiger partial charge in [0, 0.05) is 18.1 Å². The van der Waals surface area contributed by atoms with Crippen molar-refractivity contribution in [1.29, 1.82) is 0 Å². The van der Waals surface area contributed by atoms with Gasteiger partial charge in [-0.15, -0.1) is 0 Å². The highest BCUT2D eigenvalue weighted by Crippen LogP contribution is 2.17. The van der Waals surface area contributed by atoms with Crippen molar-refractivity contribution in [2.24, 2.45) is 5.92 Å². The highest BCUT2D eigenvalue weighted by molar-refractivity contribution is 9.10. The van der Waals surface area contributed by atoms with Gasteiger partial charge in [0.15, 0.2) is 0 Å². The van der Waals surface area contributed by atoms with Crippen LogP contribution >= 0.6 is 15.9 Å². The molecule has 0 aromatic heterocycles. The molecule has 7 heteroatoms. The monoisotopic (exact) mass is 372 g/mol. The first-order chi connectivity index (χ1) is 10.3. The maximum absolute atomic E-state index is 11.9. The summed E-state index contributed by atoms with van der Waals surface area (Å²) in [4.78, 5) is 24.0. The fourth-order valence-corrected chi connectivity index (χ4v) is 1.99. The Morgan fingerprint density at radius 2 is 1.91 bits per heavy atom. The van der Waals surface area contributed by atoms with Crippen LogP contribution in [0.3, 0.4) is 0 Å². The molecule has 0 heterocycles. The Bertz CT molecular complexity index is 507. The van der Waals surface area contributed by atoms with Crippen LogP contribution in [0.2, 0.25) is 0 Å². The van der Waals surface area contributed by atoms with Crippen molar-refractivity contribution < 1.29 is 19.4 Å². The Labute approximate surface area is 138 Å². The standard InChI is InChI=1S/C15H21BrN2O4/c1-10(14(19)20)9-18(3)15(21)17-8-11(2)22-13-6-4-12(16)5-7-13/h4-7,10-11H,8-9H2,1-3H3,(H,17,21)(H,19,20). The van der Waals surface area contributed by atoms with E-state index >= 15 is 0 Å². The van der Waals surface area contributed by atoms with Gasteiger partial charge in [0.25, 0.3) is 0 Å². The predicted octanol–water partition coefficient (Wildman–Crippen LogP) is 2.58. The van der Waals surface area contributed by atoms with Gasteiger partial charge in [-0.05, 0) is 31.2 Å². The Balaban J connectivity index is 2.36. The Morgan fingerprint density at radius 3 is 2.45 bits per heavy atom. The first-order valence-electron chi connectivity index (χ1n) is 6.93. The molecule has 1 rings (SSSR count). The second-order valence-electron chi connectivity index (χ2n) is 5.19. The molecule has 0 aliphatic rings.